The van der Waals surface area contributed by atoms with Crippen molar-refractivity contribution in [2.75, 3.05) is 12.4 Å². The van der Waals surface area contributed by atoms with Crippen molar-refractivity contribution in [3.8, 4) is 0 Å². The van der Waals surface area contributed by atoms with Gasteiger partial charge in [-0.2, -0.15) is 0 Å². The van der Waals surface area contributed by atoms with E-state index in [0.717, 1.165) is 12.8 Å². The Hall–Kier alpha value is -1.62. The van der Waals surface area contributed by atoms with Gasteiger partial charge in [-0.3, -0.25) is 10.1 Å². The SMILES string of the molecule is [2H]C([2H])([2H])O[C@H]1CC[C@H](Nc2ccccc2[N+](=O)[O-])CC1. The number of rotatable bonds is 4. The molecule has 5 nitrogen and oxygen atoms in total. The molecule has 0 atom stereocenters. The number of nitrogens with zero attached hydrogens (tertiary/aromatic N) is 1. The Bertz CT molecular complexity index is 500. The Balaban J connectivity index is 1.91. The van der Waals surface area contributed by atoms with Crippen molar-refractivity contribution < 1.29 is 13.8 Å². The van der Waals surface area contributed by atoms with Crippen LogP contribution in [0.5, 0.6) is 0 Å². The van der Waals surface area contributed by atoms with Gasteiger partial charge in [0.15, 0.2) is 0 Å². The number of para-hydroxylation sites is 2. The number of nitro benzene ring substituents is 1. The molecule has 0 radical (unpaired) electrons. The number of nitro groups is 1. The zero-order chi connectivity index (χ0) is 15.5. The summed E-state index contributed by atoms with van der Waals surface area (Å²) in [6, 6.07) is 6.63. The Kier molecular flexibility index (Phi) is 3.02. The molecule has 1 fully saturated rings. The van der Waals surface area contributed by atoms with Crippen LogP contribution < -0.4 is 5.32 Å². The first-order chi connectivity index (χ1) is 9.85. The molecule has 0 spiro atoms. The summed E-state index contributed by atoms with van der Waals surface area (Å²) in [4.78, 5) is 10.5. The quantitative estimate of drug-likeness (QED) is 0.662. The number of benzene rings is 1. The normalized spacial score (nSPS) is 26.8. The van der Waals surface area contributed by atoms with E-state index in [4.69, 9.17) is 8.85 Å². The molecule has 0 aromatic heterocycles. The van der Waals surface area contributed by atoms with Gasteiger partial charge in [0.05, 0.1) is 15.1 Å². The minimum Gasteiger partial charge on any atom is -0.381 e. The lowest BCUT2D eigenvalue weighted by Crippen LogP contribution is -2.29. The van der Waals surface area contributed by atoms with E-state index < -0.39 is 12.0 Å². The largest absolute Gasteiger partial charge is 0.381 e. The molecule has 1 N–H and O–H groups in total. The number of anilines is 1. The van der Waals surface area contributed by atoms with Gasteiger partial charge >= 0.3 is 0 Å². The van der Waals surface area contributed by atoms with E-state index >= 15 is 0 Å². The van der Waals surface area contributed by atoms with E-state index in [1.54, 1.807) is 18.2 Å². The predicted octanol–water partition coefficient (Wildman–Crippen LogP) is 2.96. The predicted molar refractivity (Wildman–Crippen MR) is 69.8 cm³/mol. The molecule has 1 saturated carbocycles. The molecule has 0 saturated heterocycles. The zero-order valence-electron chi connectivity index (χ0n) is 13.0. The van der Waals surface area contributed by atoms with Gasteiger partial charge in [-0.15, -0.1) is 0 Å². The van der Waals surface area contributed by atoms with Crippen molar-refractivity contribution in [2.45, 2.75) is 37.8 Å². The van der Waals surface area contributed by atoms with E-state index in [2.05, 4.69) is 5.32 Å². The fraction of sp³-hybridized carbons (Fsp3) is 0.538. The first-order valence-corrected chi connectivity index (χ1v) is 6.03. The van der Waals surface area contributed by atoms with Gasteiger partial charge in [0, 0.05) is 19.1 Å². The van der Waals surface area contributed by atoms with Crippen LogP contribution in [-0.2, 0) is 4.74 Å². The standard InChI is InChI=1S/C13H18N2O3/c1-18-11-8-6-10(7-9-11)14-12-4-2-3-5-13(12)15(16)17/h2-5,10-11,14H,6-9H2,1H3/t10-,11-/i1D3. The van der Waals surface area contributed by atoms with Crippen LogP contribution in [0, 0.1) is 10.1 Å². The van der Waals surface area contributed by atoms with Crippen molar-refractivity contribution >= 4 is 11.4 Å². The second-order valence-electron chi connectivity index (χ2n) is 4.51. The Morgan fingerprint density at radius 3 is 2.78 bits per heavy atom. The average Bonchev–Trinajstić information content (AvgIpc) is 2.40. The van der Waals surface area contributed by atoms with E-state index in [9.17, 15) is 10.1 Å². The van der Waals surface area contributed by atoms with Gasteiger partial charge in [0.1, 0.15) is 5.69 Å². The Morgan fingerprint density at radius 2 is 2.11 bits per heavy atom. The number of nitrogens with one attached hydrogen (secondary N) is 1. The highest BCUT2D eigenvalue weighted by molar-refractivity contribution is 5.61. The zero-order valence-corrected chi connectivity index (χ0v) is 9.96. The van der Waals surface area contributed by atoms with Crippen molar-refractivity contribution in [2.24, 2.45) is 0 Å². The van der Waals surface area contributed by atoms with Crippen LogP contribution in [0.2, 0.25) is 0 Å². The fourth-order valence-electron chi connectivity index (χ4n) is 2.30. The average molecular weight is 253 g/mol. The smallest absolute Gasteiger partial charge is 0.292 e. The van der Waals surface area contributed by atoms with Crippen molar-refractivity contribution in [1.82, 2.24) is 0 Å². The van der Waals surface area contributed by atoms with Crippen LogP contribution in [-0.4, -0.2) is 24.1 Å². The van der Waals surface area contributed by atoms with E-state index in [0.29, 0.717) is 18.5 Å². The molecule has 18 heavy (non-hydrogen) atoms. The summed E-state index contributed by atoms with van der Waals surface area (Å²) < 4.78 is 26.3. The summed E-state index contributed by atoms with van der Waals surface area (Å²) in [5, 5.41) is 14.1. The van der Waals surface area contributed by atoms with Crippen LogP contribution in [0.3, 0.4) is 0 Å². The summed E-state index contributed by atoms with van der Waals surface area (Å²) in [5.41, 5.74) is 0.557. The Labute approximate surface area is 111 Å². The second-order valence-corrected chi connectivity index (χ2v) is 4.51. The highest BCUT2D eigenvalue weighted by Crippen LogP contribution is 2.28. The van der Waals surface area contributed by atoms with Crippen molar-refractivity contribution in [3.63, 3.8) is 0 Å². The van der Waals surface area contributed by atoms with Crippen molar-refractivity contribution in [3.05, 3.63) is 34.4 Å². The maximum atomic E-state index is 11.0. The molecule has 0 heterocycles. The molecule has 1 aromatic carbocycles. The third-order valence-electron chi connectivity index (χ3n) is 3.30. The highest BCUT2D eigenvalue weighted by atomic mass is 16.6. The Morgan fingerprint density at radius 1 is 1.39 bits per heavy atom. The minimum atomic E-state index is -2.36. The fourth-order valence-corrected chi connectivity index (χ4v) is 2.30. The summed E-state index contributed by atoms with van der Waals surface area (Å²) in [5.74, 6) is 0. The van der Waals surface area contributed by atoms with Gasteiger partial charge in [-0.1, -0.05) is 12.1 Å². The molecule has 5 heteroatoms. The number of ether oxygens (including phenoxy) is 1. The molecule has 0 bridgehead atoms. The summed E-state index contributed by atoms with van der Waals surface area (Å²) in [7, 11) is -2.36. The van der Waals surface area contributed by atoms with E-state index in [1.807, 2.05) is 0 Å². The van der Waals surface area contributed by atoms with Crippen LogP contribution >= 0.6 is 0 Å². The third-order valence-corrected chi connectivity index (χ3v) is 3.30. The minimum absolute atomic E-state index is 0.0540. The first-order valence-electron chi connectivity index (χ1n) is 7.53. The summed E-state index contributed by atoms with van der Waals surface area (Å²) >= 11 is 0. The van der Waals surface area contributed by atoms with Gasteiger partial charge in [-0.25, -0.2) is 0 Å². The maximum Gasteiger partial charge on any atom is 0.292 e. The monoisotopic (exact) mass is 253 g/mol. The summed E-state index contributed by atoms with van der Waals surface area (Å²) in [6.45, 7) is 0. The van der Waals surface area contributed by atoms with E-state index in [1.165, 1.54) is 6.07 Å². The van der Waals surface area contributed by atoms with Gasteiger partial charge in [0.25, 0.3) is 5.69 Å². The van der Waals surface area contributed by atoms with Crippen molar-refractivity contribution in [1.29, 1.82) is 0 Å². The lowest BCUT2D eigenvalue weighted by molar-refractivity contribution is -0.384. The second kappa shape index (κ2) is 5.82. The molecule has 2 rings (SSSR count). The molecule has 1 aliphatic rings. The first kappa shape index (κ1) is 9.33. The number of hydrogen-bond acceptors (Lipinski definition) is 4. The molecule has 0 unspecified atom stereocenters. The molecule has 0 amide bonds. The maximum absolute atomic E-state index is 11.0. The lowest BCUT2D eigenvalue weighted by atomic mass is 9.93. The topological polar surface area (TPSA) is 64.4 Å². The number of methoxy groups -OCH3 is 1. The van der Waals surface area contributed by atoms with Gasteiger partial charge < -0.3 is 10.1 Å². The molecular weight excluding hydrogens is 232 g/mol. The van der Waals surface area contributed by atoms with Gasteiger partial charge in [0.2, 0.25) is 0 Å². The molecule has 1 aromatic rings. The summed E-state index contributed by atoms with van der Waals surface area (Å²) in [6.07, 6.45) is 2.47. The van der Waals surface area contributed by atoms with Crippen LogP contribution in [0.15, 0.2) is 24.3 Å². The number of hydrogen-bond donors (Lipinski definition) is 1. The molecular formula is C13H18N2O3. The highest BCUT2D eigenvalue weighted by Gasteiger charge is 2.22. The third kappa shape index (κ3) is 2.98. The lowest BCUT2D eigenvalue weighted by Gasteiger charge is -2.28. The van der Waals surface area contributed by atoms with Gasteiger partial charge in [-0.05, 0) is 31.7 Å². The van der Waals surface area contributed by atoms with Crippen LogP contribution in [0.1, 0.15) is 29.8 Å². The van der Waals surface area contributed by atoms with E-state index in [-0.39, 0.29) is 17.8 Å². The van der Waals surface area contributed by atoms with Crippen LogP contribution in [0.25, 0.3) is 0 Å². The molecule has 1 aliphatic carbocycles. The molecule has 98 valence electrons. The molecule has 0 aliphatic heterocycles. The van der Waals surface area contributed by atoms with Crippen LogP contribution in [0.4, 0.5) is 11.4 Å².